The molecule has 0 radical (unpaired) electrons. The van der Waals surface area contributed by atoms with Crippen molar-refractivity contribution in [3.05, 3.63) is 24.0 Å². The van der Waals surface area contributed by atoms with Crippen LogP contribution in [-0.2, 0) is 0 Å². The standard InChI is InChI=1S/C13H19N3O2/c1-9(17)10-5-6-16(8-10)13(18)12-4-3-11(14-2)7-15-12/h3-4,7,9-10,14,17H,5-6,8H2,1-2H3. The van der Waals surface area contributed by atoms with E-state index in [1.165, 1.54) is 0 Å². The summed E-state index contributed by atoms with van der Waals surface area (Å²) in [5.41, 5.74) is 1.34. The van der Waals surface area contributed by atoms with Crippen LogP contribution in [0.3, 0.4) is 0 Å². The lowest BCUT2D eigenvalue weighted by molar-refractivity contribution is 0.0757. The molecule has 5 heteroatoms. The minimum atomic E-state index is -0.359. The Morgan fingerprint density at radius 3 is 2.89 bits per heavy atom. The topological polar surface area (TPSA) is 65.5 Å². The van der Waals surface area contributed by atoms with Gasteiger partial charge in [0.2, 0.25) is 0 Å². The Labute approximate surface area is 107 Å². The number of nitrogens with zero attached hydrogens (tertiary/aromatic N) is 2. The van der Waals surface area contributed by atoms with Crippen LogP contribution in [0.2, 0.25) is 0 Å². The highest BCUT2D eigenvalue weighted by molar-refractivity contribution is 5.92. The van der Waals surface area contributed by atoms with Crippen LogP contribution in [0.5, 0.6) is 0 Å². The normalized spacial score (nSPS) is 20.8. The number of carbonyl (C=O) groups excluding carboxylic acids is 1. The fourth-order valence-corrected chi connectivity index (χ4v) is 2.20. The highest BCUT2D eigenvalue weighted by Crippen LogP contribution is 2.21. The SMILES string of the molecule is CNc1ccc(C(=O)N2CCC(C(C)O)C2)nc1. The number of hydrogen-bond acceptors (Lipinski definition) is 4. The molecule has 2 rings (SSSR count). The Bertz CT molecular complexity index is 417. The van der Waals surface area contributed by atoms with Crippen molar-refractivity contribution in [2.75, 3.05) is 25.5 Å². The second-order valence-electron chi connectivity index (χ2n) is 4.72. The molecular formula is C13H19N3O2. The zero-order valence-corrected chi connectivity index (χ0v) is 10.8. The predicted octanol–water partition coefficient (Wildman–Crippen LogP) is 0.966. The molecule has 1 amide bonds. The molecule has 1 aromatic heterocycles. The van der Waals surface area contributed by atoms with Crippen molar-refractivity contribution in [2.24, 2.45) is 5.92 Å². The van der Waals surface area contributed by atoms with Gasteiger partial charge in [-0.1, -0.05) is 0 Å². The molecule has 5 nitrogen and oxygen atoms in total. The first kappa shape index (κ1) is 12.8. The number of pyridine rings is 1. The van der Waals surface area contributed by atoms with E-state index in [0.717, 1.165) is 12.1 Å². The van der Waals surface area contributed by atoms with Crippen molar-refractivity contribution in [1.82, 2.24) is 9.88 Å². The highest BCUT2D eigenvalue weighted by atomic mass is 16.3. The van der Waals surface area contributed by atoms with E-state index in [-0.39, 0.29) is 17.9 Å². The fraction of sp³-hybridized carbons (Fsp3) is 0.538. The molecule has 2 unspecified atom stereocenters. The van der Waals surface area contributed by atoms with Crippen LogP contribution in [0, 0.1) is 5.92 Å². The van der Waals surface area contributed by atoms with Crippen molar-refractivity contribution in [3.63, 3.8) is 0 Å². The van der Waals surface area contributed by atoms with Gasteiger partial charge in [-0.25, -0.2) is 4.98 Å². The monoisotopic (exact) mass is 249 g/mol. The summed E-state index contributed by atoms with van der Waals surface area (Å²) in [5.74, 6) is 0.131. The number of nitrogens with one attached hydrogen (secondary N) is 1. The average Bonchev–Trinajstić information content (AvgIpc) is 2.88. The lowest BCUT2D eigenvalue weighted by Crippen LogP contribution is -2.30. The Balaban J connectivity index is 2.03. The second kappa shape index (κ2) is 5.35. The maximum atomic E-state index is 12.2. The zero-order chi connectivity index (χ0) is 13.1. The largest absolute Gasteiger partial charge is 0.393 e. The summed E-state index contributed by atoms with van der Waals surface area (Å²) >= 11 is 0. The Morgan fingerprint density at radius 1 is 1.61 bits per heavy atom. The molecule has 0 saturated carbocycles. The van der Waals surface area contributed by atoms with Crippen molar-refractivity contribution in [3.8, 4) is 0 Å². The number of aliphatic hydroxyl groups is 1. The fourth-order valence-electron chi connectivity index (χ4n) is 2.20. The van der Waals surface area contributed by atoms with Gasteiger partial charge in [-0.3, -0.25) is 4.79 Å². The zero-order valence-electron chi connectivity index (χ0n) is 10.8. The van der Waals surface area contributed by atoms with Crippen molar-refractivity contribution >= 4 is 11.6 Å². The van der Waals surface area contributed by atoms with Crippen molar-refractivity contribution in [1.29, 1.82) is 0 Å². The second-order valence-corrected chi connectivity index (χ2v) is 4.72. The molecule has 0 bridgehead atoms. The summed E-state index contributed by atoms with van der Waals surface area (Å²) in [6.45, 7) is 3.09. The molecule has 2 atom stereocenters. The van der Waals surface area contributed by atoms with Crippen LogP contribution in [0.4, 0.5) is 5.69 Å². The van der Waals surface area contributed by atoms with Gasteiger partial charge in [0, 0.05) is 26.1 Å². The first-order valence-electron chi connectivity index (χ1n) is 6.23. The van der Waals surface area contributed by atoms with E-state index in [1.54, 1.807) is 24.1 Å². The summed E-state index contributed by atoms with van der Waals surface area (Å²) in [5, 5.41) is 12.5. The predicted molar refractivity (Wildman–Crippen MR) is 69.5 cm³/mol. The summed E-state index contributed by atoms with van der Waals surface area (Å²) in [7, 11) is 1.81. The van der Waals surface area contributed by atoms with Gasteiger partial charge in [-0.05, 0) is 25.5 Å². The molecule has 18 heavy (non-hydrogen) atoms. The third kappa shape index (κ3) is 2.61. The molecule has 98 valence electrons. The van der Waals surface area contributed by atoms with Gasteiger partial charge in [0.25, 0.3) is 5.91 Å². The van der Waals surface area contributed by atoms with Crippen LogP contribution in [0.15, 0.2) is 18.3 Å². The molecule has 0 aromatic carbocycles. The number of aromatic nitrogens is 1. The number of carbonyl (C=O) groups is 1. The smallest absolute Gasteiger partial charge is 0.272 e. The van der Waals surface area contributed by atoms with Gasteiger partial charge in [-0.15, -0.1) is 0 Å². The van der Waals surface area contributed by atoms with Crippen LogP contribution < -0.4 is 5.32 Å². The lowest BCUT2D eigenvalue weighted by Gasteiger charge is -2.17. The molecule has 0 spiro atoms. The van der Waals surface area contributed by atoms with E-state index >= 15 is 0 Å². The molecule has 1 aliphatic rings. The Morgan fingerprint density at radius 2 is 2.39 bits per heavy atom. The van der Waals surface area contributed by atoms with Gasteiger partial charge in [0.05, 0.1) is 18.0 Å². The summed E-state index contributed by atoms with van der Waals surface area (Å²) in [6, 6.07) is 3.56. The van der Waals surface area contributed by atoms with Crippen LogP contribution >= 0.6 is 0 Å². The van der Waals surface area contributed by atoms with Crippen LogP contribution in [0.25, 0.3) is 0 Å². The molecular weight excluding hydrogens is 230 g/mol. The van der Waals surface area contributed by atoms with E-state index < -0.39 is 0 Å². The van der Waals surface area contributed by atoms with Gasteiger partial charge in [0.1, 0.15) is 5.69 Å². The molecule has 2 N–H and O–H groups in total. The number of aliphatic hydroxyl groups excluding tert-OH is 1. The first-order chi connectivity index (χ1) is 8.61. The van der Waals surface area contributed by atoms with Crippen molar-refractivity contribution in [2.45, 2.75) is 19.4 Å². The molecule has 1 aromatic rings. The number of likely N-dealkylation sites (tertiary alicyclic amines) is 1. The number of anilines is 1. The maximum Gasteiger partial charge on any atom is 0.272 e. The third-order valence-corrected chi connectivity index (χ3v) is 3.47. The van der Waals surface area contributed by atoms with E-state index in [1.807, 2.05) is 13.1 Å². The molecule has 0 aliphatic carbocycles. The van der Waals surface area contributed by atoms with Crippen LogP contribution in [-0.4, -0.2) is 47.1 Å². The van der Waals surface area contributed by atoms with Crippen molar-refractivity contribution < 1.29 is 9.90 Å². The van der Waals surface area contributed by atoms with E-state index in [0.29, 0.717) is 18.8 Å². The third-order valence-electron chi connectivity index (χ3n) is 3.47. The van der Waals surface area contributed by atoms with Gasteiger partial charge in [-0.2, -0.15) is 0 Å². The summed E-state index contributed by atoms with van der Waals surface area (Å²) < 4.78 is 0. The molecule has 1 saturated heterocycles. The van der Waals surface area contributed by atoms with Gasteiger partial charge >= 0.3 is 0 Å². The van der Waals surface area contributed by atoms with Gasteiger partial charge in [0.15, 0.2) is 0 Å². The van der Waals surface area contributed by atoms with Gasteiger partial charge < -0.3 is 15.3 Å². The van der Waals surface area contributed by atoms with E-state index in [2.05, 4.69) is 10.3 Å². The molecule has 2 heterocycles. The average molecular weight is 249 g/mol. The number of hydrogen-bond donors (Lipinski definition) is 2. The Hall–Kier alpha value is -1.62. The number of amides is 1. The highest BCUT2D eigenvalue weighted by Gasteiger charge is 2.29. The Kier molecular flexibility index (Phi) is 3.81. The molecule has 1 aliphatic heterocycles. The quantitative estimate of drug-likeness (QED) is 0.837. The first-order valence-corrected chi connectivity index (χ1v) is 6.23. The van der Waals surface area contributed by atoms with E-state index in [9.17, 15) is 9.90 Å². The summed E-state index contributed by atoms with van der Waals surface area (Å²) in [4.78, 5) is 18.1. The maximum absolute atomic E-state index is 12.2. The molecule has 1 fully saturated rings. The van der Waals surface area contributed by atoms with Crippen LogP contribution in [0.1, 0.15) is 23.8 Å². The summed E-state index contributed by atoms with van der Waals surface area (Å²) in [6.07, 6.45) is 2.15. The van der Waals surface area contributed by atoms with E-state index in [4.69, 9.17) is 0 Å². The number of rotatable bonds is 3. The minimum absolute atomic E-state index is 0.0548. The lowest BCUT2D eigenvalue weighted by atomic mass is 10.0. The minimum Gasteiger partial charge on any atom is -0.393 e.